The number of rotatable bonds is 3. The number of benzene rings is 1. The molecule has 4 heteroatoms. The first-order chi connectivity index (χ1) is 6.56. The molecule has 2 nitrogen and oxygen atoms in total. The Morgan fingerprint density at radius 2 is 1.86 bits per heavy atom. The fraction of sp³-hybridized carbons (Fsp3) is 0.300. The van der Waals surface area contributed by atoms with Gasteiger partial charge < -0.3 is 4.74 Å². The molecule has 0 aliphatic carbocycles. The van der Waals surface area contributed by atoms with Crippen molar-refractivity contribution in [2.24, 2.45) is 0 Å². The molecule has 0 aliphatic heterocycles. The minimum absolute atomic E-state index is 0.323. The van der Waals surface area contributed by atoms with Gasteiger partial charge in [-0.2, -0.15) is 0 Å². The number of Topliss-reactive ketones (excluding diaryl/α,β-unsaturated/α-hetero) is 1. The Hall–Kier alpha value is -1.29. The number of ether oxygens (including phenoxy) is 1. The first-order valence-electron chi connectivity index (χ1n) is 4.04. The Morgan fingerprint density at radius 3 is 2.29 bits per heavy atom. The number of methoxy groups -OCH3 is 1. The largest absolute Gasteiger partial charge is 0.377 e. The van der Waals surface area contributed by atoms with Crippen LogP contribution < -0.4 is 0 Å². The van der Waals surface area contributed by atoms with E-state index in [2.05, 4.69) is 4.74 Å². The quantitative estimate of drug-likeness (QED) is 0.698. The van der Waals surface area contributed by atoms with Crippen molar-refractivity contribution in [1.82, 2.24) is 0 Å². The van der Waals surface area contributed by atoms with Crippen LogP contribution in [0.15, 0.2) is 12.1 Å². The summed E-state index contributed by atoms with van der Waals surface area (Å²) in [5.41, 5.74) is -0.0913. The molecule has 0 fully saturated rings. The minimum Gasteiger partial charge on any atom is -0.377 e. The molecule has 0 heterocycles. The van der Waals surface area contributed by atoms with Crippen molar-refractivity contribution in [1.29, 1.82) is 0 Å². The third kappa shape index (κ3) is 2.14. The summed E-state index contributed by atoms with van der Waals surface area (Å²) in [5, 5.41) is 0. The van der Waals surface area contributed by atoms with Crippen LogP contribution in [-0.4, -0.2) is 19.5 Å². The summed E-state index contributed by atoms with van der Waals surface area (Å²) in [6.07, 6.45) is 0. The molecule has 0 spiro atoms. The van der Waals surface area contributed by atoms with Crippen LogP contribution in [-0.2, 0) is 4.74 Å². The van der Waals surface area contributed by atoms with Gasteiger partial charge in [-0.15, -0.1) is 0 Å². The molecule has 0 saturated carbocycles. The normalized spacial score (nSPS) is 10.3. The molecule has 0 atom stereocenters. The molecule has 14 heavy (non-hydrogen) atoms. The van der Waals surface area contributed by atoms with E-state index in [-0.39, 0.29) is 6.61 Å². The zero-order chi connectivity index (χ0) is 10.7. The Kier molecular flexibility index (Phi) is 3.30. The smallest absolute Gasteiger partial charge is 0.194 e. The van der Waals surface area contributed by atoms with Gasteiger partial charge in [0.15, 0.2) is 5.78 Å². The maximum atomic E-state index is 13.2. The fourth-order valence-corrected chi connectivity index (χ4v) is 1.17. The molecule has 0 saturated heterocycles. The molecule has 0 radical (unpaired) electrons. The zero-order valence-corrected chi connectivity index (χ0v) is 7.93. The summed E-state index contributed by atoms with van der Waals surface area (Å²) in [4.78, 5) is 11.2. The molecule has 0 aromatic heterocycles. The van der Waals surface area contributed by atoms with E-state index in [1.54, 1.807) is 6.92 Å². The van der Waals surface area contributed by atoms with Crippen LogP contribution in [0.3, 0.4) is 0 Å². The van der Waals surface area contributed by atoms with Crippen molar-refractivity contribution in [3.63, 3.8) is 0 Å². The second-order valence-corrected chi connectivity index (χ2v) is 2.96. The van der Waals surface area contributed by atoms with Crippen molar-refractivity contribution in [2.45, 2.75) is 6.92 Å². The second-order valence-electron chi connectivity index (χ2n) is 2.96. The van der Waals surface area contributed by atoms with Gasteiger partial charge in [0.1, 0.15) is 18.2 Å². The van der Waals surface area contributed by atoms with E-state index in [1.807, 2.05) is 0 Å². The van der Waals surface area contributed by atoms with Crippen molar-refractivity contribution >= 4 is 5.78 Å². The van der Waals surface area contributed by atoms with Crippen LogP contribution in [0.2, 0.25) is 0 Å². The lowest BCUT2D eigenvalue weighted by Crippen LogP contribution is -2.12. The van der Waals surface area contributed by atoms with Gasteiger partial charge >= 0.3 is 0 Å². The lowest BCUT2D eigenvalue weighted by molar-refractivity contribution is 0.0839. The Bertz CT molecular complexity index is 338. The number of ketones is 1. The minimum atomic E-state index is -0.843. The van der Waals surface area contributed by atoms with E-state index < -0.39 is 23.0 Å². The first kappa shape index (κ1) is 10.8. The summed E-state index contributed by atoms with van der Waals surface area (Å²) in [7, 11) is 1.29. The van der Waals surface area contributed by atoms with Crippen molar-refractivity contribution in [2.75, 3.05) is 13.7 Å². The van der Waals surface area contributed by atoms with Gasteiger partial charge in [0.2, 0.25) is 0 Å². The van der Waals surface area contributed by atoms with Gasteiger partial charge in [-0.25, -0.2) is 8.78 Å². The van der Waals surface area contributed by atoms with E-state index in [0.29, 0.717) is 5.56 Å². The number of halogens is 2. The van der Waals surface area contributed by atoms with Crippen molar-refractivity contribution < 1.29 is 18.3 Å². The number of hydrogen-bond acceptors (Lipinski definition) is 2. The van der Waals surface area contributed by atoms with E-state index in [1.165, 1.54) is 7.11 Å². The molecule has 0 unspecified atom stereocenters. The number of carbonyl (C=O) groups excluding carboxylic acids is 1. The second kappa shape index (κ2) is 4.28. The van der Waals surface area contributed by atoms with Gasteiger partial charge in [-0.05, 0) is 24.6 Å². The molecule has 1 aromatic rings. The van der Waals surface area contributed by atoms with Crippen LogP contribution in [0.1, 0.15) is 15.9 Å². The van der Waals surface area contributed by atoms with E-state index in [4.69, 9.17) is 0 Å². The van der Waals surface area contributed by atoms with Gasteiger partial charge in [-0.1, -0.05) is 0 Å². The van der Waals surface area contributed by atoms with Gasteiger partial charge in [0, 0.05) is 7.11 Å². The molecule has 76 valence electrons. The lowest BCUT2D eigenvalue weighted by Gasteiger charge is -2.04. The Morgan fingerprint density at radius 1 is 1.36 bits per heavy atom. The third-order valence-corrected chi connectivity index (χ3v) is 1.74. The average molecular weight is 200 g/mol. The summed E-state index contributed by atoms with van der Waals surface area (Å²) >= 11 is 0. The van der Waals surface area contributed by atoms with Gasteiger partial charge in [-0.3, -0.25) is 4.79 Å². The summed E-state index contributed by atoms with van der Waals surface area (Å²) in [6.45, 7) is 1.23. The molecule has 0 N–H and O–H groups in total. The molecular formula is C10H10F2O2. The van der Waals surface area contributed by atoms with Gasteiger partial charge in [0.05, 0.1) is 5.56 Å². The maximum Gasteiger partial charge on any atom is 0.194 e. The van der Waals surface area contributed by atoms with Crippen molar-refractivity contribution in [3.8, 4) is 0 Å². The zero-order valence-electron chi connectivity index (χ0n) is 7.93. The van der Waals surface area contributed by atoms with Crippen LogP contribution in [0, 0.1) is 18.6 Å². The highest BCUT2D eigenvalue weighted by atomic mass is 19.1. The third-order valence-electron chi connectivity index (χ3n) is 1.74. The maximum absolute atomic E-state index is 13.2. The summed E-state index contributed by atoms with van der Waals surface area (Å²) in [6, 6.07) is 2.23. The fourth-order valence-electron chi connectivity index (χ4n) is 1.17. The summed E-state index contributed by atoms with van der Waals surface area (Å²) < 4.78 is 30.9. The van der Waals surface area contributed by atoms with Gasteiger partial charge in [0.25, 0.3) is 0 Å². The van der Waals surface area contributed by atoms with E-state index in [9.17, 15) is 13.6 Å². The molecule has 1 aromatic carbocycles. The van der Waals surface area contributed by atoms with E-state index in [0.717, 1.165) is 12.1 Å². The van der Waals surface area contributed by atoms with E-state index >= 15 is 0 Å². The lowest BCUT2D eigenvalue weighted by atomic mass is 10.1. The molecule has 1 rings (SSSR count). The monoisotopic (exact) mass is 200 g/mol. The summed E-state index contributed by atoms with van der Waals surface area (Å²) in [5.74, 6) is -2.38. The highest BCUT2D eigenvalue weighted by molar-refractivity contribution is 5.97. The number of hydrogen-bond donors (Lipinski definition) is 0. The molecule has 0 aliphatic rings. The molecule has 0 bridgehead atoms. The molecular weight excluding hydrogens is 190 g/mol. The number of aryl methyl sites for hydroxylation is 1. The van der Waals surface area contributed by atoms with Crippen LogP contribution in [0.4, 0.5) is 8.78 Å². The number of carbonyl (C=O) groups is 1. The average Bonchev–Trinajstić information content (AvgIpc) is 2.01. The highest BCUT2D eigenvalue weighted by Gasteiger charge is 2.17. The highest BCUT2D eigenvalue weighted by Crippen LogP contribution is 2.15. The van der Waals surface area contributed by atoms with Crippen molar-refractivity contribution in [3.05, 3.63) is 34.9 Å². The topological polar surface area (TPSA) is 26.3 Å². The Labute approximate surface area is 80.5 Å². The first-order valence-corrected chi connectivity index (χ1v) is 4.04. The Balaban J connectivity index is 3.14. The van der Waals surface area contributed by atoms with Crippen LogP contribution >= 0.6 is 0 Å². The van der Waals surface area contributed by atoms with Crippen LogP contribution in [0.5, 0.6) is 0 Å². The predicted molar refractivity (Wildman–Crippen MR) is 47.3 cm³/mol. The standard InChI is InChI=1S/C10H10F2O2/c1-6-3-7(11)10(8(12)4-6)9(13)5-14-2/h3-4H,5H2,1-2H3. The predicted octanol–water partition coefficient (Wildman–Crippen LogP) is 2.10. The SMILES string of the molecule is COCC(=O)c1c(F)cc(C)cc1F. The molecule has 0 amide bonds. The van der Waals surface area contributed by atoms with Crippen LogP contribution in [0.25, 0.3) is 0 Å².